The zero-order chi connectivity index (χ0) is 13.1. The molecule has 0 spiro atoms. The first-order valence-corrected chi connectivity index (χ1v) is 6.63. The van der Waals surface area contributed by atoms with Gasteiger partial charge in [-0.3, -0.25) is 0 Å². The standard InChI is InChI=1S/C13H15BrN2O2/c1-9-8-18-11(7-17)6-16(9)13-3-2-10(5-15)4-12(13)14/h2-4,9,11,17H,6-8H2,1H3. The summed E-state index contributed by atoms with van der Waals surface area (Å²) in [4.78, 5) is 2.19. The first-order valence-electron chi connectivity index (χ1n) is 5.84. The van der Waals surface area contributed by atoms with Crippen LogP contribution in [0, 0.1) is 11.3 Å². The highest BCUT2D eigenvalue weighted by Gasteiger charge is 2.26. The van der Waals surface area contributed by atoms with Crippen LogP contribution in [0.15, 0.2) is 22.7 Å². The lowest BCUT2D eigenvalue weighted by Gasteiger charge is -2.39. The molecule has 2 rings (SSSR count). The second-order valence-corrected chi connectivity index (χ2v) is 5.27. The molecule has 96 valence electrons. The van der Waals surface area contributed by atoms with Crippen molar-refractivity contribution < 1.29 is 9.84 Å². The molecule has 1 aromatic carbocycles. The molecule has 1 aromatic rings. The van der Waals surface area contributed by atoms with Crippen molar-refractivity contribution in [3.8, 4) is 6.07 Å². The van der Waals surface area contributed by atoms with Gasteiger partial charge in [-0.2, -0.15) is 5.26 Å². The molecule has 4 nitrogen and oxygen atoms in total. The number of hydrogen-bond donors (Lipinski definition) is 1. The normalized spacial score (nSPS) is 23.8. The van der Waals surface area contributed by atoms with Gasteiger partial charge in [0.1, 0.15) is 0 Å². The van der Waals surface area contributed by atoms with Gasteiger partial charge in [-0.1, -0.05) is 0 Å². The Morgan fingerprint density at radius 3 is 3.00 bits per heavy atom. The molecule has 0 aromatic heterocycles. The zero-order valence-corrected chi connectivity index (χ0v) is 11.7. The number of halogens is 1. The van der Waals surface area contributed by atoms with Crippen LogP contribution in [-0.2, 0) is 4.74 Å². The second kappa shape index (κ2) is 5.70. The van der Waals surface area contributed by atoms with Crippen molar-refractivity contribution in [1.82, 2.24) is 0 Å². The van der Waals surface area contributed by atoms with Gasteiger partial charge in [-0.15, -0.1) is 0 Å². The fraction of sp³-hybridized carbons (Fsp3) is 0.462. The number of nitrogens with zero attached hydrogens (tertiary/aromatic N) is 2. The predicted molar refractivity (Wildman–Crippen MR) is 72.5 cm³/mol. The van der Waals surface area contributed by atoms with Crippen molar-refractivity contribution in [2.45, 2.75) is 19.1 Å². The third kappa shape index (κ3) is 2.66. The Labute approximate surface area is 115 Å². The lowest BCUT2D eigenvalue weighted by Crippen LogP contribution is -2.49. The molecule has 2 atom stereocenters. The lowest BCUT2D eigenvalue weighted by molar-refractivity contribution is -0.0103. The minimum absolute atomic E-state index is 0.0249. The number of rotatable bonds is 2. The summed E-state index contributed by atoms with van der Waals surface area (Å²) in [5.41, 5.74) is 1.66. The van der Waals surface area contributed by atoms with Crippen LogP contribution in [0.2, 0.25) is 0 Å². The van der Waals surface area contributed by atoms with Gasteiger partial charge in [0.25, 0.3) is 0 Å². The van der Waals surface area contributed by atoms with Gasteiger partial charge in [-0.25, -0.2) is 0 Å². The Kier molecular flexibility index (Phi) is 4.23. The Morgan fingerprint density at radius 2 is 2.39 bits per heavy atom. The van der Waals surface area contributed by atoms with Crippen molar-refractivity contribution in [2.24, 2.45) is 0 Å². The highest BCUT2D eigenvalue weighted by molar-refractivity contribution is 9.10. The predicted octanol–water partition coefficient (Wildman–Crippen LogP) is 1.91. The molecule has 0 bridgehead atoms. The van der Waals surface area contributed by atoms with Crippen LogP contribution in [0.25, 0.3) is 0 Å². The van der Waals surface area contributed by atoms with Crippen molar-refractivity contribution >= 4 is 21.6 Å². The average Bonchev–Trinajstić information content (AvgIpc) is 2.39. The summed E-state index contributed by atoms with van der Waals surface area (Å²) in [7, 11) is 0. The Hall–Kier alpha value is -1.09. The largest absolute Gasteiger partial charge is 0.394 e. The van der Waals surface area contributed by atoms with E-state index in [2.05, 4.69) is 33.8 Å². The number of ether oxygens (including phenoxy) is 1. The van der Waals surface area contributed by atoms with Gasteiger partial charge in [0.2, 0.25) is 0 Å². The summed E-state index contributed by atoms with van der Waals surface area (Å²) in [6.07, 6.45) is -0.149. The number of aliphatic hydroxyl groups excluding tert-OH is 1. The average molecular weight is 311 g/mol. The van der Waals surface area contributed by atoms with E-state index >= 15 is 0 Å². The van der Waals surface area contributed by atoms with Crippen LogP contribution in [0.5, 0.6) is 0 Å². The number of morpholine rings is 1. The fourth-order valence-electron chi connectivity index (χ4n) is 2.07. The maximum Gasteiger partial charge on any atom is 0.0992 e. The molecule has 1 saturated heterocycles. The highest BCUT2D eigenvalue weighted by Crippen LogP contribution is 2.30. The van der Waals surface area contributed by atoms with Crippen molar-refractivity contribution in [2.75, 3.05) is 24.7 Å². The fourth-order valence-corrected chi connectivity index (χ4v) is 2.68. The number of hydrogen-bond acceptors (Lipinski definition) is 4. The summed E-state index contributed by atoms with van der Waals surface area (Å²) in [6, 6.07) is 7.91. The van der Waals surface area contributed by atoms with Crippen molar-refractivity contribution in [3.63, 3.8) is 0 Å². The van der Waals surface area contributed by atoms with Crippen LogP contribution in [-0.4, -0.2) is 37.0 Å². The smallest absolute Gasteiger partial charge is 0.0992 e. The van der Waals surface area contributed by atoms with Crippen molar-refractivity contribution in [3.05, 3.63) is 28.2 Å². The molecule has 0 radical (unpaired) electrons. The maximum atomic E-state index is 9.19. The third-order valence-electron chi connectivity index (χ3n) is 3.10. The van der Waals surface area contributed by atoms with Crippen LogP contribution in [0.1, 0.15) is 12.5 Å². The molecule has 1 aliphatic rings. The topological polar surface area (TPSA) is 56.5 Å². The molecular formula is C13H15BrN2O2. The molecule has 0 aliphatic carbocycles. The van der Waals surface area contributed by atoms with E-state index in [1.807, 2.05) is 12.1 Å². The number of anilines is 1. The van der Waals surface area contributed by atoms with Crippen LogP contribution in [0.3, 0.4) is 0 Å². The molecule has 5 heteroatoms. The van der Waals surface area contributed by atoms with E-state index in [0.717, 1.165) is 10.2 Å². The minimum Gasteiger partial charge on any atom is -0.394 e. The molecule has 0 amide bonds. The van der Waals surface area contributed by atoms with Crippen LogP contribution >= 0.6 is 15.9 Å². The Balaban J connectivity index is 2.26. The first-order chi connectivity index (χ1) is 8.65. The van der Waals surface area contributed by atoms with E-state index in [0.29, 0.717) is 18.7 Å². The van der Waals surface area contributed by atoms with Gasteiger partial charge < -0.3 is 14.7 Å². The minimum atomic E-state index is -0.149. The van der Waals surface area contributed by atoms with Gasteiger partial charge in [-0.05, 0) is 41.1 Å². The Bertz CT molecular complexity index is 473. The Morgan fingerprint density at radius 1 is 1.61 bits per heavy atom. The van der Waals surface area contributed by atoms with E-state index in [1.165, 1.54) is 0 Å². The molecule has 1 aliphatic heterocycles. The number of nitriles is 1. The van der Waals surface area contributed by atoms with E-state index in [1.54, 1.807) is 6.07 Å². The summed E-state index contributed by atoms with van der Waals surface area (Å²) >= 11 is 3.50. The van der Waals surface area contributed by atoms with E-state index in [4.69, 9.17) is 10.00 Å². The monoisotopic (exact) mass is 310 g/mol. The molecule has 2 unspecified atom stereocenters. The maximum absolute atomic E-state index is 9.19. The van der Waals surface area contributed by atoms with E-state index in [9.17, 15) is 5.11 Å². The van der Waals surface area contributed by atoms with Gasteiger partial charge in [0, 0.05) is 17.1 Å². The van der Waals surface area contributed by atoms with Crippen molar-refractivity contribution in [1.29, 1.82) is 5.26 Å². The summed E-state index contributed by atoms with van der Waals surface area (Å²) in [6.45, 7) is 3.36. The first kappa shape index (κ1) is 13.3. The summed E-state index contributed by atoms with van der Waals surface area (Å²) in [5.74, 6) is 0. The van der Waals surface area contributed by atoms with Gasteiger partial charge >= 0.3 is 0 Å². The molecule has 1 N–H and O–H groups in total. The molecule has 1 heterocycles. The molecule has 0 saturated carbocycles. The van der Waals surface area contributed by atoms with Crippen LogP contribution < -0.4 is 4.90 Å². The van der Waals surface area contributed by atoms with Gasteiger partial charge in [0.15, 0.2) is 0 Å². The lowest BCUT2D eigenvalue weighted by atomic mass is 10.1. The molecule has 18 heavy (non-hydrogen) atoms. The summed E-state index contributed by atoms with van der Waals surface area (Å²) in [5, 5.41) is 18.0. The van der Waals surface area contributed by atoms with Crippen LogP contribution in [0.4, 0.5) is 5.69 Å². The highest BCUT2D eigenvalue weighted by atomic mass is 79.9. The van der Waals surface area contributed by atoms with E-state index < -0.39 is 0 Å². The number of aliphatic hydroxyl groups is 1. The molecule has 1 fully saturated rings. The summed E-state index contributed by atoms with van der Waals surface area (Å²) < 4.78 is 6.41. The third-order valence-corrected chi connectivity index (χ3v) is 3.73. The number of benzene rings is 1. The quantitative estimate of drug-likeness (QED) is 0.906. The molecular weight excluding hydrogens is 296 g/mol. The zero-order valence-electron chi connectivity index (χ0n) is 10.1. The van der Waals surface area contributed by atoms with E-state index in [-0.39, 0.29) is 18.8 Å². The van der Waals surface area contributed by atoms with Gasteiger partial charge in [0.05, 0.1) is 36.6 Å². The second-order valence-electron chi connectivity index (χ2n) is 4.42. The SMILES string of the molecule is CC1COC(CO)CN1c1ccc(C#N)cc1Br.